The number of benzene rings is 1. The van der Waals surface area contributed by atoms with Crippen LogP contribution in [0.3, 0.4) is 0 Å². The zero-order chi connectivity index (χ0) is 25.9. The van der Waals surface area contributed by atoms with Gasteiger partial charge in [0.05, 0.1) is 11.5 Å². The van der Waals surface area contributed by atoms with Crippen molar-refractivity contribution in [2.45, 2.75) is 69.2 Å². The van der Waals surface area contributed by atoms with E-state index in [9.17, 15) is 4.79 Å². The van der Waals surface area contributed by atoms with Crippen LogP contribution in [0.5, 0.6) is 5.75 Å². The van der Waals surface area contributed by atoms with Crippen LogP contribution in [0.4, 0.5) is 5.82 Å². The van der Waals surface area contributed by atoms with E-state index in [2.05, 4.69) is 37.8 Å². The fourth-order valence-electron chi connectivity index (χ4n) is 6.95. The molecule has 3 aromatic rings. The predicted octanol–water partition coefficient (Wildman–Crippen LogP) is 3.64. The standard InChI is InChI=1S/C29H36N6O3/c1-19(36)33-9-11-34(12-10-33)21-14-22(15-21)35-16-25(26-27(30)31-18-32-28(26)35)20-3-2-4-24(13-20)37-17-29-7-5-23(38-29)6-8-29/h2-4,13,16,18,21-23H,5-12,14-15,17H2,1H3,(H2,30,31,32). The van der Waals surface area contributed by atoms with Crippen LogP contribution in [-0.4, -0.2) is 80.8 Å². The highest BCUT2D eigenvalue weighted by atomic mass is 16.6. The third kappa shape index (κ3) is 4.12. The number of nitrogens with two attached hydrogens (primary N) is 1. The smallest absolute Gasteiger partial charge is 0.219 e. The van der Waals surface area contributed by atoms with Crippen molar-refractivity contribution in [3.8, 4) is 16.9 Å². The summed E-state index contributed by atoms with van der Waals surface area (Å²) >= 11 is 0. The first-order chi connectivity index (χ1) is 18.5. The lowest BCUT2D eigenvalue weighted by atomic mass is 9.85. The van der Waals surface area contributed by atoms with Crippen molar-refractivity contribution in [1.29, 1.82) is 0 Å². The molecule has 4 fully saturated rings. The summed E-state index contributed by atoms with van der Waals surface area (Å²) in [6.45, 7) is 5.80. The first-order valence-corrected chi connectivity index (χ1v) is 14.0. The number of hydrogen-bond donors (Lipinski definition) is 1. The molecule has 0 radical (unpaired) electrons. The first kappa shape index (κ1) is 23.9. The second-order valence-electron chi connectivity index (χ2n) is 11.5. The van der Waals surface area contributed by atoms with Gasteiger partial charge in [-0.2, -0.15) is 0 Å². The maximum Gasteiger partial charge on any atom is 0.219 e. The average Bonchev–Trinajstić information content (AvgIpc) is 3.62. The Balaban J connectivity index is 1.10. The Morgan fingerprint density at radius 3 is 2.63 bits per heavy atom. The number of hydrogen-bond acceptors (Lipinski definition) is 7. The number of carbonyl (C=O) groups is 1. The molecule has 9 heteroatoms. The Kier molecular flexibility index (Phi) is 5.81. The number of ether oxygens (including phenoxy) is 2. The van der Waals surface area contributed by atoms with Gasteiger partial charge >= 0.3 is 0 Å². The van der Waals surface area contributed by atoms with Gasteiger partial charge < -0.3 is 24.7 Å². The van der Waals surface area contributed by atoms with E-state index in [0.29, 0.717) is 30.6 Å². The SMILES string of the molecule is CC(=O)N1CCN(C2CC(n3cc(-c4cccc(OCC56CCC(CC5)O6)c4)c4c(N)ncnc43)C2)CC1. The van der Waals surface area contributed by atoms with Crippen LogP contribution in [0.1, 0.15) is 51.5 Å². The molecule has 4 aliphatic rings. The molecule has 2 bridgehead atoms. The van der Waals surface area contributed by atoms with Crippen LogP contribution in [0.15, 0.2) is 36.8 Å². The van der Waals surface area contributed by atoms with Gasteiger partial charge in [0, 0.05) is 56.9 Å². The normalized spacial score (nSPS) is 29.1. The van der Waals surface area contributed by atoms with Gasteiger partial charge in [0.2, 0.25) is 5.91 Å². The summed E-state index contributed by atoms with van der Waals surface area (Å²) in [5.74, 6) is 1.52. The average molecular weight is 517 g/mol. The molecule has 1 aromatic carbocycles. The monoisotopic (exact) mass is 516 g/mol. The molecule has 2 aromatic heterocycles. The van der Waals surface area contributed by atoms with Crippen molar-refractivity contribution in [2.75, 3.05) is 38.5 Å². The second kappa shape index (κ2) is 9.24. The summed E-state index contributed by atoms with van der Waals surface area (Å²) in [6, 6.07) is 9.17. The summed E-state index contributed by atoms with van der Waals surface area (Å²) in [5.41, 5.74) is 9.29. The quantitative estimate of drug-likeness (QED) is 0.534. The Bertz CT molecular complexity index is 1350. The third-order valence-corrected chi connectivity index (χ3v) is 9.30. The highest BCUT2D eigenvalue weighted by Crippen LogP contribution is 2.45. The Labute approximate surface area is 222 Å². The molecule has 0 atom stereocenters. The zero-order valence-electron chi connectivity index (χ0n) is 22.0. The minimum atomic E-state index is -0.103. The minimum Gasteiger partial charge on any atom is -0.491 e. The van der Waals surface area contributed by atoms with Gasteiger partial charge in [-0.25, -0.2) is 9.97 Å². The molecule has 1 aliphatic carbocycles. The lowest BCUT2D eigenvalue weighted by Crippen LogP contribution is -2.54. The molecule has 9 nitrogen and oxygen atoms in total. The molecule has 1 amide bonds. The van der Waals surface area contributed by atoms with Gasteiger partial charge in [-0.15, -0.1) is 0 Å². The largest absolute Gasteiger partial charge is 0.491 e. The van der Waals surface area contributed by atoms with E-state index < -0.39 is 0 Å². The number of anilines is 1. The van der Waals surface area contributed by atoms with E-state index in [1.807, 2.05) is 17.0 Å². The van der Waals surface area contributed by atoms with Crippen molar-refractivity contribution in [2.24, 2.45) is 0 Å². The summed E-state index contributed by atoms with van der Waals surface area (Å²) in [6.07, 6.45) is 10.8. The van der Waals surface area contributed by atoms with Crippen molar-refractivity contribution >= 4 is 22.8 Å². The lowest BCUT2D eigenvalue weighted by molar-refractivity contribution is -0.131. The number of nitrogen functional groups attached to an aromatic ring is 1. The van der Waals surface area contributed by atoms with Crippen molar-refractivity contribution in [1.82, 2.24) is 24.3 Å². The Morgan fingerprint density at radius 2 is 1.92 bits per heavy atom. The van der Waals surface area contributed by atoms with Crippen LogP contribution in [0, 0.1) is 0 Å². The van der Waals surface area contributed by atoms with Gasteiger partial charge in [0.1, 0.15) is 35.7 Å². The van der Waals surface area contributed by atoms with E-state index in [1.54, 1.807) is 13.3 Å². The maximum atomic E-state index is 11.7. The maximum absolute atomic E-state index is 11.7. The van der Waals surface area contributed by atoms with Gasteiger partial charge in [0.15, 0.2) is 0 Å². The van der Waals surface area contributed by atoms with Crippen molar-refractivity contribution < 1.29 is 14.3 Å². The van der Waals surface area contributed by atoms with Gasteiger partial charge in [-0.05, 0) is 56.2 Å². The minimum absolute atomic E-state index is 0.103. The van der Waals surface area contributed by atoms with Gasteiger partial charge in [-0.3, -0.25) is 9.69 Å². The summed E-state index contributed by atoms with van der Waals surface area (Å²) in [7, 11) is 0. The molecule has 0 spiro atoms. The number of rotatable bonds is 6. The fourth-order valence-corrected chi connectivity index (χ4v) is 6.95. The number of amides is 1. The number of piperazine rings is 1. The molecule has 7 rings (SSSR count). The number of nitrogens with zero attached hydrogens (tertiary/aromatic N) is 5. The highest BCUT2D eigenvalue weighted by Gasteiger charge is 2.46. The van der Waals surface area contributed by atoms with E-state index in [4.69, 9.17) is 15.2 Å². The van der Waals surface area contributed by atoms with E-state index in [-0.39, 0.29) is 11.5 Å². The van der Waals surface area contributed by atoms with E-state index >= 15 is 0 Å². The fraction of sp³-hybridized carbons (Fsp3) is 0.552. The van der Waals surface area contributed by atoms with Crippen LogP contribution in [0.2, 0.25) is 0 Å². The third-order valence-electron chi connectivity index (χ3n) is 9.30. The van der Waals surface area contributed by atoms with Gasteiger partial charge in [-0.1, -0.05) is 12.1 Å². The molecule has 0 unspecified atom stereocenters. The topological polar surface area (TPSA) is 98.7 Å². The summed E-state index contributed by atoms with van der Waals surface area (Å²) in [4.78, 5) is 25.1. The van der Waals surface area contributed by atoms with E-state index in [1.165, 1.54) is 0 Å². The summed E-state index contributed by atoms with van der Waals surface area (Å²) < 4.78 is 14.8. The van der Waals surface area contributed by atoms with Gasteiger partial charge in [0.25, 0.3) is 0 Å². The molecular formula is C29H36N6O3. The molecule has 3 aliphatic heterocycles. The Morgan fingerprint density at radius 1 is 1.13 bits per heavy atom. The predicted molar refractivity (Wildman–Crippen MR) is 145 cm³/mol. The summed E-state index contributed by atoms with van der Waals surface area (Å²) in [5, 5.41) is 0.902. The highest BCUT2D eigenvalue weighted by molar-refractivity contribution is 6.00. The van der Waals surface area contributed by atoms with Crippen LogP contribution in [0.25, 0.3) is 22.2 Å². The molecule has 38 heavy (non-hydrogen) atoms. The first-order valence-electron chi connectivity index (χ1n) is 14.0. The number of fused-ring (bicyclic) bond motifs is 3. The van der Waals surface area contributed by atoms with Crippen LogP contribution in [-0.2, 0) is 9.53 Å². The number of carbonyl (C=O) groups excluding carboxylic acids is 1. The number of aromatic nitrogens is 3. The molecule has 3 saturated heterocycles. The molecular weight excluding hydrogens is 480 g/mol. The van der Waals surface area contributed by atoms with Crippen LogP contribution >= 0.6 is 0 Å². The molecule has 1 saturated carbocycles. The zero-order valence-corrected chi connectivity index (χ0v) is 22.0. The van der Waals surface area contributed by atoms with Crippen LogP contribution < -0.4 is 10.5 Å². The Hall–Kier alpha value is -3.17. The molecule has 5 heterocycles. The van der Waals surface area contributed by atoms with Crippen molar-refractivity contribution in [3.05, 3.63) is 36.8 Å². The van der Waals surface area contributed by atoms with Crippen molar-refractivity contribution in [3.63, 3.8) is 0 Å². The second-order valence-corrected chi connectivity index (χ2v) is 11.5. The lowest BCUT2D eigenvalue weighted by Gasteiger charge is -2.46. The molecule has 200 valence electrons. The molecule has 2 N–H and O–H groups in total. The van der Waals surface area contributed by atoms with E-state index in [0.717, 1.165) is 92.6 Å².